The van der Waals surface area contributed by atoms with Crippen molar-refractivity contribution >= 4 is 17.3 Å². The molecule has 3 heteroatoms. The summed E-state index contributed by atoms with van der Waals surface area (Å²) in [4.78, 5) is 2.40. The van der Waals surface area contributed by atoms with Crippen LogP contribution in [-0.2, 0) is 0 Å². The Labute approximate surface area is 103 Å². The Morgan fingerprint density at radius 3 is 3.00 bits per heavy atom. The Morgan fingerprint density at radius 2 is 2.25 bits per heavy atom. The second-order valence-electron chi connectivity index (χ2n) is 4.31. The molecule has 1 aromatic rings. The van der Waals surface area contributed by atoms with Crippen LogP contribution in [0.1, 0.15) is 19.8 Å². The molecule has 88 valence electrons. The van der Waals surface area contributed by atoms with Crippen LogP contribution in [0.2, 0.25) is 5.02 Å². The number of nitrogens with one attached hydrogen (secondary N) is 1. The summed E-state index contributed by atoms with van der Waals surface area (Å²) in [5.74, 6) is 0. The number of hydrogen-bond acceptors (Lipinski definition) is 2. The van der Waals surface area contributed by atoms with E-state index < -0.39 is 0 Å². The first-order valence-corrected chi connectivity index (χ1v) is 6.42. The maximum Gasteiger partial charge on any atom is 0.0639 e. The highest BCUT2D eigenvalue weighted by atomic mass is 35.5. The van der Waals surface area contributed by atoms with Crippen molar-refractivity contribution in [3.8, 4) is 0 Å². The Bertz CT molecular complexity index is 340. The minimum atomic E-state index is 0.582. The number of anilines is 1. The molecule has 1 aliphatic heterocycles. The lowest BCUT2D eigenvalue weighted by atomic mass is 10.2. The summed E-state index contributed by atoms with van der Waals surface area (Å²) in [6.07, 6.45) is 2.35. The van der Waals surface area contributed by atoms with Crippen LogP contribution in [0.3, 0.4) is 0 Å². The number of benzene rings is 1. The number of rotatable bonds is 2. The molecule has 2 rings (SSSR count). The predicted octanol–water partition coefficient (Wildman–Crippen LogP) is 2.92. The standard InChI is InChI=1S/C13H19ClN2/c1-2-11-10-16(9-5-8-15-11)13-7-4-3-6-12(13)14/h3-4,6-7,11,15H,2,5,8-10H2,1H3. The molecule has 1 aromatic carbocycles. The lowest BCUT2D eigenvalue weighted by Gasteiger charge is -2.26. The summed E-state index contributed by atoms with van der Waals surface area (Å²) < 4.78 is 0. The third-order valence-corrected chi connectivity index (χ3v) is 3.48. The highest BCUT2D eigenvalue weighted by Gasteiger charge is 2.17. The van der Waals surface area contributed by atoms with E-state index in [1.165, 1.54) is 18.5 Å². The Morgan fingerprint density at radius 1 is 1.44 bits per heavy atom. The summed E-state index contributed by atoms with van der Waals surface area (Å²) in [5.41, 5.74) is 1.17. The van der Waals surface area contributed by atoms with Crippen molar-refractivity contribution in [3.05, 3.63) is 29.3 Å². The lowest BCUT2D eigenvalue weighted by Crippen LogP contribution is -2.37. The van der Waals surface area contributed by atoms with Gasteiger partial charge >= 0.3 is 0 Å². The zero-order valence-corrected chi connectivity index (χ0v) is 10.5. The van der Waals surface area contributed by atoms with E-state index in [4.69, 9.17) is 11.6 Å². The van der Waals surface area contributed by atoms with Gasteiger partial charge in [0.05, 0.1) is 10.7 Å². The molecule has 1 unspecified atom stereocenters. The maximum absolute atomic E-state index is 6.24. The molecule has 0 amide bonds. The number of halogens is 1. The molecule has 0 aromatic heterocycles. The molecule has 1 atom stereocenters. The van der Waals surface area contributed by atoms with Crippen molar-refractivity contribution in [1.82, 2.24) is 5.32 Å². The fraction of sp³-hybridized carbons (Fsp3) is 0.538. The third-order valence-electron chi connectivity index (χ3n) is 3.16. The van der Waals surface area contributed by atoms with Crippen molar-refractivity contribution < 1.29 is 0 Å². The van der Waals surface area contributed by atoms with Crippen LogP contribution in [0.15, 0.2) is 24.3 Å². The first kappa shape index (κ1) is 11.7. The molecular weight excluding hydrogens is 220 g/mol. The normalized spacial score (nSPS) is 21.9. The van der Waals surface area contributed by atoms with E-state index in [1.807, 2.05) is 12.1 Å². The Balaban J connectivity index is 2.16. The van der Waals surface area contributed by atoms with Gasteiger partial charge in [-0.05, 0) is 31.5 Å². The second kappa shape index (κ2) is 5.55. The predicted molar refractivity (Wildman–Crippen MR) is 70.4 cm³/mol. The van der Waals surface area contributed by atoms with Gasteiger partial charge in [-0.2, -0.15) is 0 Å². The van der Waals surface area contributed by atoms with Gasteiger partial charge in [0.1, 0.15) is 0 Å². The minimum absolute atomic E-state index is 0.582. The van der Waals surface area contributed by atoms with Crippen LogP contribution in [0.5, 0.6) is 0 Å². The summed E-state index contributed by atoms with van der Waals surface area (Å²) in [6, 6.07) is 8.70. The van der Waals surface area contributed by atoms with E-state index in [2.05, 4.69) is 29.3 Å². The van der Waals surface area contributed by atoms with Crippen molar-refractivity contribution in [2.24, 2.45) is 0 Å². The Hall–Kier alpha value is -0.730. The van der Waals surface area contributed by atoms with Crippen LogP contribution in [-0.4, -0.2) is 25.7 Å². The van der Waals surface area contributed by atoms with Gasteiger partial charge in [-0.3, -0.25) is 0 Å². The molecule has 1 heterocycles. The molecule has 0 saturated carbocycles. The molecule has 1 aliphatic rings. The number of nitrogens with zero attached hydrogens (tertiary/aromatic N) is 1. The van der Waals surface area contributed by atoms with Gasteiger partial charge in [-0.15, -0.1) is 0 Å². The van der Waals surface area contributed by atoms with Crippen LogP contribution >= 0.6 is 11.6 Å². The summed E-state index contributed by atoms with van der Waals surface area (Å²) >= 11 is 6.24. The van der Waals surface area contributed by atoms with Crippen LogP contribution in [0.4, 0.5) is 5.69 Å². The Kier molecular flexibility index (Phi) is 4.08. The fourth-order valence-corrected chi connectivity index (χ4v) is 2.45. The zero-order valence-electron chi connectivity index (χ0n) is 9.75. The first-order valence-electron chi connectivity index (χ1n) is 6.04. The number of para-hydroxylation sites is 1. The summed E-state index contributed by atoms with van der Waals surface area (Å²) in [5, 5.41) is 4.43. The molecule has 0 radical (unpaired) electrons. The average molecular weight is 239 g/mol. The van der Waals surface area contributed by atoms with Crippen molar-refractivity contribution in [2.75, 3.05) is 24.5 Å². The fourth-order valence-electron chi connectivity index (χ4n) is 2.20. The van der Waals surface area contributed by atoms with E-state index in [1.54, 1.807) is 0 Å². The largest absolute Gasteiger partial charge is 0.369 e. The summed E-state index contributed by atoms with van der Waals surface area (Å²) in [7, 11) is 0. The van der Waals surface area contributed by atoms with E-state index >= 15 is 0 Å². The third kappa shape index (κ3) is 2.69. The van der Waals surface area contributed by atoms with E-state index in [0.29, 0.717) is 6.04 Å². The minimum Gasteiger partial charge on any atom is -0.369 e. The monoisotopic (exact) mass is 238 g/mol. The van der Waals surface area contributed by atoms with Crippen LogP contribution in [0, 0.1) is 0 Å². The second-order valence-corrected chi connectivity index (χ2v) is 4.72. The van der Waals surface area contributed by atoms with E-state index in [0.717, 1.165) is 24.7 Å². The highest BCUT2D eigenvalue weighted by molar-refractivity contribution is 6.33. The molecule has 1 saturated heterocycles. The molecule has 0 spiro atoms. The topological polar surface area (TPSA) is 15.3 Å². The van der Waals surface area contributed by atoms with Gasteiger partial charge in [-0.25, -0.2) is 0 Å². The molecule has 0 bridgehead atoms. The van der Waals surface area contributed by atoms with Crippen molar-refractivity contribution in [1.29, 1.82) is 0 Å². The zero-order chi connectivity index (χ0) is 11.4. The van der Waals surface area contributed by atoms with Crippen molar-refractivity contribution in [3.63, 3.8) is 0 Å². The molecule has 1 N–H and O–H groups in total. The number of hydrogen-bond donors (Lipinski definition) is 1. The molecular formula is C13H19ClN2. The molecule has 0 aliphatic carbocycles. The maximum atomic E-state index is 6.24. The van der Waals surface area contributed by atoms with Crippen molar-refractivity contribution in [2.45, 2.75) is 25.8 Å². The molecule has 2 nitrogen and oxygen atoms in total. The van der Waals surface area contributed by atoms with Crippen LogP contribution < -0.4 is 10.2 Å². The highest BCUT2D eigenvalue weighted by Crippen LogP contribution is 2.26. The van der Waals surface area contributed by atoms with E-state index in [-0.39, 0.29) is 0 Å². The smallest absolute Gasteiger partial charge is 0.0639 e. The van der Waals surface area contributed by atoms with Gasteiger partial charge in [0.15, 0.2) is 0 Å². The average Bonchev–Trinajstić information content (AvgIpc) is 2.55. The molecule has 16 heavy (non-hydrogen) atoms. The SMILES string of the molecule is CCC1CN(c2ccccc2Cl)CCCN1. The van der Waals surface area contributed by atoms with Crippen LogP contribution in [0.25, 0.3) is 0 Å². The lowest BCUT2D eigenvalue weighted by molar-refractivity contribution is 0.528. The van der Waals surface area contributed by atoms with Gasteiger partial charge in [-0.1, -0.05) is 30.7 Å². The van der Waals surface area contributed by atoms with Gasteiger partial charge in [0, 0.05) is 19.1 Å². The van der Waals surface area contributed by atoms with E-state index in [9.17, 15) is 0 Å². The van der Waals surface area contributed by atoms with Gasteiger partial charge in [0.25, 0.3) is 0 Å². The van der Waals surface area contributed by atoms with Gasteiger partial charge < -0.3 is 10.2 Å². The quantitative estimate of drug-likeness (QED) is 0.853. The molecule has 1 fully saturated rings. The van der Waals surface area contributed by atoms with Gasteiger partial charge in [0.2, 0.25) is 0 Å². The summed E-state index contributed by atoms with van der Waals surface area (Å²) in [6.45, 7) is 5.49. The first-order chi connectivity index (χ1) is 7.81.